The molecule has 1 saturated heterocycles. The zero-order valence-electron chi connectivity index (χ0n) is 13.1. The molecule has 2 fully saturated rings. The minimum absolute atomic E-state index is 0.482. The van der Waals surface area contributed by atoms with Crippen LogP contribution in [0.4, 0.5) is 0 Å². The van der Waals surface area contributed by atoms with Gasteiger partial charge in [-0.2, -0.15) is 0 Å². The summed E-state index contributed by atoms with van der Waals surface area (Å²) in [6.45, 7) is 9.43. The Hall–Kier alpha value is -0.610. The van der Waals surface area contributed by atoms with Gasteiger partial charge in [-0.15, -0.1) is 0 Å². The van der Waals surface area contributed by atoms with Crippen LogP contribution in [-0.2, 0) is 4.79 Å². The lowest BCUT2D eigenvalue weighted by atomic mass is 9.79. The van der Waals surface area contributed by atoms with Crippen LogP contribution in [0, 0.1) is 5.41 Å². The van der Waals surface area contributed by atoms with Crippen molar-refractivity contribution < 1.29 is 9.90 Å². The van der Waals surface area contributed by atoms with Gasteiger partial charge in [-0.05, 0) is 26.3 Å². The second-order valence-electron chi connectivity index (χ2n) is 6.71. The van der Waals surface area contributed by atoms with Crippen molar-refractivity contribution in [3.63, 3.8) is 0 Å². The van der Waals surface area contributed by atoms with Crippen LogP contribution in [-0.4, -0.2) is 59.6 Å². The molecule has 1 heterocycles. The molecule has 1 saturated carbocycles. The highest BCUT2D eigenvalue weighted by Gasteiger charge is 2.41. The lowest BCUT2D eigenvalue weighted by Crippen LogP contribution is -2.55. The van der Waals surface area contributed by atoms with Gasteiger partial charge in [0.25, 0.3) is 0 Å². The molecule has 0 spiro atoms. The fourth-order valence-electron chi connectivity index (χ4n) is 3.96. The first-order valence-electron chi connectivity index (χ1n) is 8.27. The van der Waals surface area contributed by atoms with E-state index in [0.29, 0.717) is 6.04 Å². The maximum Gasteiger partial charge on any atom is 0.310 e. The van der Waals surface area contributed by atoms with Crippen molar-refractivity contribution in [1.82, 2.24) is 9.80 Å². The minimum Gasteiger partial charge on any atom is -0.481 e. The molecular formula is C16H30N2O2. The smallest absolute Gasteiger partial charge is 0.310 e. The molecule has 0 aromatic rings. The van der Waals surface area contributed by atoms with E-state index in [0.717, 1.165) is 58.4 Å². The molecule has 116 valence electrons. The molecule has 20 heavy (non-hydrogen) atoms. The number of hydrogen-bond donors (Lipinski definition) is 1. The van der Waals surface area contributed by atoms with E-state index in [1.165, 1.54) is 12.8 Å². The molecule has 2 rings (SSSR count). The van der Waals surface area contributed by atoms with E-state index < -0.39 is 11.4 Å². The lowest BCUT2D eigenvalue weighted by molar-refractivity contribution is -0.151. The summed E-state index contributed by atoms with van der Waals surface area (Å²) < 4.78 is 0. The van der Waals surface area contributed by atoms with Gasteiger partial charge in [0.2, 0.25) is 0 Å². The topological polar surface area (TPSA) is 43.8 Å². The molecule has 1 atom stereocenters. The molecule has 0 aromatic carbocycles. The van der Waals surface area contributed by atoms with Crippen LogP contribution in [0.2, 0.25) is 0 Å². The molecule has 2 aliphatic rings. The Morgan fingerprint density at radius 1 is 1.20 bits per heavy atom. The van der Waals surface area contributed by atoms with Gasteiger partial charge in [0.15, 0.2) is 0 Å². The number of nitrogens with zero attached hydrogens (tertiary/aromatic N) is 2. The zero-order valence-corrected chi connectivity index (χ0v) is 13.1. The summed E-state index contributed by atoms with van der Waals surface area (Å²) >= 11 is 0. The number of carbonyl (C=O) groups is 1. The summed E-state index contributed by atoms with van der Waals surface area (Å²) in [7, 11) is 0. The first-order chi connectivity index (χ1) is 9.57. The van der Waals surface area contributed by atoms with Crippen molar-refractivity contribution in [2.24, 2.45) is 5.41 Å². The van der Waals surface area contributed by atoms with Gasteiger partial charge in [0.05, 0.1) is 5.41 Å². The maximum atomic E-state index is 11.9. The van der Waals surface area contributed by atoms with Crippen molar-refractivity contribution in [1.29, 1.82) is 0 Å². The van der Waals surface area contributed by atoms with Gasteiger partial charge in [-0.1, -0.05) is 32.6 Å². The molecule has 0 aromatic heterocycles. The average Bonchev–Trinajstić information content (AvgIpc) is 2.65. The van der Waals surface area contributed by atoms with E-state index in [1.807, 2.05) is 0 Å². The lowest BCUT2D eigenvalue weighted by Gasteiger charge is -2.42. The van der Waals surface area contributed by atoms with Gasteiger partial charge < -0.3 is 5.11 Å². The second-order valence-corrected chi connectivity index (χ2v) is 6.71. The van der Waals surface area contributed by atoms with Crippen molar-refractivity contribution >= 4 is 5.97 Å². The quantitative estimate of drug-likeness (QED) is 0.804. The highest BCUT2D eigenvalue weighted by molar-refractivity contribution is 5.75. The summed E-state index contributed by atoms with van der Waals surface area (Å²) in [4.78, 5) is 16.7. The Balaban J connectivity index is 2.00. The second kappa shape index (κ2) is 6.90. The van der Waals surface area contributed by atoms with Gasteiger partial charge in [0.1, 0.15) is 0 Å². The average molecular weight is 282 g/mol. The number of carboxylic acids is 1. The van der Waals surface area contributed by atoms with Crippen LogP contribution in [0.15, 0.2) is 0 Å². The zero-order chi connectivity index (χ0) is 14.6. The van der Waals surface area contributed by atoms with E-state index in [4.69, 9.17) is 0 Å². The van der Waals surface area contributed by atoms with Crippen LogP contribution < -0.4 is 0 Å². The molecule has 1 N–H and O–H groups in total. The monoisotopic (exact) mass is 282 g/mol. The third kappa shape index (κ3) is 3.53. The summed E-state index contributed by atoms with van der Waals surface area (Å²) in [5, 5.41) is 9.77. The van der Waals surface area contributed by atoms with Crippen LogP contribution in [0.1, 0.15) is 52.4 Å². The molecule has 0 amide bonds. The Labute approximate surface area is 123 Å². The SMILES string of the molecule is CCN1CCN(CC2(C(=O)O)CCCCCC2)CC1C. The number of piperazine rings is 1. The van der Waals surface area contributed by atoms with E-state index in [9.17, 15) is 9.90 Å². The van der Waals surface area contributed by atoms with Crippen LogP contribution in [0.3, 0.4) is 0 Å². The summed E-state index contributed by atoms with van der Waals surface area (Å²) in [5.41, 5.74) is -0.482. The first kappa shape index (κ1) is 15.8. The van der Waals surface area contributed by atoms with E-state index in [-0.39, 0.29) is 0 Å². The number of hydrogen-bond acceptors (Lipinski definition) is 3. The summed E-state index contributed by atoms with van der Waals surface area (Å²) in [5.74, 6) is -0.565. The largest absolute Gasteiger partial charge is 0.481 e. The highest BCUT2D eigenvalue weighted by atomic mass is 16.4. The fourth-order valence-corrected chi connectivity index (χ4v) is 3.96. The molecule has 4 nitrogen and oxygen atoms in total. The van der Waals surface area contributed by atoms with Crippen LogP contribution in [0.25, 0.3) is 0 Å². The van der Waals surface area contributed by atoms with E-state index in [2.05, 4.69) is 23.6 Å². The first-order valence-corrected chi connectivity index (χ1v) is 8.27. The molecular weight excluding hydrogens is 252 g/mol. The van der Waals surface area contributed by atoms with Crippen LogP contribution in [0.5, 0.6) is 0 Å². The molecule has 1 aliphatic heterocycles. The van der Waals surface area contributed by atoms with Crippen molar-refractivity contribution in [2.75, 3.05) is 32.7 Å². The normalized spacial score (nSPS) is 29.0. The minimum atomic E-state index is -0.565. The van der Waals surface area contributed by atoms with Crippen molar-refractivity contribution in [3.8, 4) is 0 Å². The number of carboxylic acid groups (broad SMARTS) is 1. The Morgan fingerprint density at radius 3 is 2.35 bits per heavy atom. The molecule has 1 unspecified atom stereocenters. The maximum absolute atomic E-state index is 11.9. The number of likely N-dealkylation sites (N-methyl/N-ethyl adjacent to an activating group) is 1. The Kier molecular flexibility index (Phi) is 5.44. The van der Waals surface area contributed by atoms with Gasteiger partial charge in [0, 0.05) is 32.2 Å². The number of aliphatic carboxylic acids is 1. The molecule has 0 radical (unpaired) electrons. The summed E-state index contributed by atoms with van der Waals surface area (Å²) in [6.07, 6.45) is 6.30. The Morgan fingerprint density at radius 2 is 1.85 bits per heavy atom. The van der Waals surface area contributed by atoms with Gasteiger partial charge in [-0.25, -0.2) is 0 Å². The number of rotatable bonds is 4. The predicted molar refractivity (Wildman–Crippen MR) is 80.9 cm³/mol. The van der Waals surface area contributed by atoms with Crippen molar-refractivity contribution in [3.05, 3.63) is 0 Å². The van der Waals surface area contributed by atoms with Crippen LogP contribution >= 0.6 is 0 Å². The van der Waals surface area contributed by atoms with Gasteiger partial charge >= 0.3 is 5.97 Å². The van der Waals surface area contributed by atoms with Crippen molar-refractivity contribution in [2.45, 2.75) is 58.4 Å². The van der Waals surface area contributed by atoms with E-state index >= 15 is 0 Å². The fraction of sp³-hybridized carbons (Fsp3) is 0.938. The Bertz CT molecular complexity index is 324. The predicted octanol–water partition coefficient (Wildman–Crippen LogP) is 2.44. The molecule has 0 bridgehead atoms. The molecule has 1 aliphatic carbocycles. The summed E-state index contributed by atoms with van der Waals surface area (Å²) in [6, 6.07) is 0.547. The van der Waals surface area contributed by atoms with Gasteiger partial charge in [-0.3, -0.25) is 14.6 Å². The van der Waals surface area contributed by atoms with E-state index in [1.54, 1.807) is 0 Å². The highest BCUT2D eigenvalue weighted by Crippen LogP contribution is 2.36. The third-order valence-corrected chi connectivity index (χ3v) is 5.30. The molecule has 4 heteroatoms. The standard InChI is InChI=1S/C16H30N2O2/c1-3-18-11-10-17(12-14(18)2)13-16(15(19)20)8-6-4-5-7-9-16/h14H,3-13H2,1-2H3,(H,19,20). The third-order valence-electron chi connectivity index (χ3n) is 5.30.